The monoisotopic (exact) mass is 341 g/mol. The number of thiophene rings is 1. The quantitative estimate of drug-likeness (QED) is 0.929. The van der Waals surface area contributed by atoms with E-state index in [9.17, 15) is 0 Å². The number of nitrogens with zero attached hydrogens (tertiary/aromatic N) is 2. The van der Waals surface area contributed by atoms with E-state index in [1.165, 1.54) is 8.66 Å². The van der Waals surface area contributed by atoms with Gasteiger partial charge in [-0.3, -0.25) is 0 Å². The molecule has 3 rings (SSSR count). The summed E-state index contributed by atoms with van der Waals surface area (Å²) in [6.45, 7) is 1.68. The molecule has 102 valence electrons. The van der Waals surface area contributed by atoms with Gasteiger partial charge in [0.25, 0.3) is 0 Å². The molecular weight excluding hydrogens is 326 g/mol. The molecule has 0 saturated carbocycles. The molecule has 0 spiro atoms. The maximum Gasteiger partial charge on any atom is 0.139 e. The summed E-state index contributed by atoms with van der Waals surface area (Å²) in [5.74, 6) is 1.00. The van der Waals surface area contributed by atoms with E-state index in [-0.39, 0.29) is 6.10 Å². The van der Waals surface area contributed by atoms with Crippen molar-refractivity contribution in [1.29, 1.82) is 0 Å². The van der Waals surface area contributed by atoms with Crippen LogP contribution in [0.2, 0.25) is 0 Å². The summed E-state index contributed by atoms with van der Waals surface area (Å²) in [6, 6.07) is 4.57. The molecule has 0 aliphatic carbocycles. The Balaban J connectivity index is 1.65. The predicted octanol–water partition coefficient (Wildman–Crippen LogP) is 2.86. The average Bonchev–Trinajstić information content (AvgIpc) is 3.07. The first-order chi connectivity index (χ1) is 9.24. The molecule has 1 aliphatic rings. The molecule has 1 N–H and O–H groups in total. The first kappa shape index (κ1) is 13.3. The standard InChI is InChI=1S/C13H16BrN3OS/c1-17-6-5-15-13(17)12-10(4-7-18-12)16-8-9-2-3-11(14)19-9/h2-3,5-6,10,12,16H,4,7-8H2,1H3/t10-,12-/m0/s1. The molecule has 1 aliphatic heterocycles. The van der Waals surface area contributed by atoms with Gasteiger partial charge in [0.05, 0.1) is 3.79 Å². The molecule has 1 saturated heterocycles. The summed E-state index contributed by atoms with van der Waals surface area (Å²) >= 11 is 5.26. The second kappa shape index (κ2) is 5.75. The Bertz CT molecular complexity index is 554. The number of rotatable bonds is 4. The molecule has 2 aromatic heterocycles. The highest BCUT2D eigenvalue weighted by Gasteiger charge is 2.31. The maximum atomic E-state index is 5.83. The lowest BCUT2D eigenvalue weighted by molar-refractivity contribution is 0.0893. The second-order valence-electron chi connectivity index (χ2n) is 4.67. The molecule has 1 fully saturated rings. The lowest BCUT2D eigenvalue weighted by atomic mass is 10.1. The first-order valence-electron chi connectivity index (χ1n) is 6.30. The van der Waals surface area contributed by atoms with Gasteiger partial charge in [-0.15, -0.1) is 11.3 Å². The topological polar surface area (TPSA) is 39.1 Å². The van der Waals surface area contributed by atoms with Crippen LogP contribution in [0.5, 0.6) is 0 Å². The molecule has 3 heterocycles. The highest BCUT2D eigenvalue weighted by Crippen LogP contribution is 2.28. The zero-order valence-corrected chi connectivity index (χ0v) is 13.1. The van der Waals surface area contributed by atoms with E-state index in [1.807, 2.05) is 24.0 Å². The minimum absolute atomic E-state index is 0.0587. The summed E-state index contributed by atoms with van der Waals surface area (Å²) in [4.78, 5) is 5.73. The lowest BCUT2D eigenvalue weighted by Crippen LogP contribution is -2.32. The van der Waals surface area contributed by atoms with Gasteiger partial charge >= 0.3 is 0 Å². The highest BCUT2D eigenvalue weighted by atomic mass is 79.9. The molecule has 0 aromatic carbocycles. The molecule has 2 aromatic rings. The van der Waals surface area contributed by atoms with Crippen LogP contribution in [-0.4, -0.2) is 22.2 Å². The van der Waals surface area contributed by atoms with Crippen LogP contribution in [0.1, 0.15) is 23.2 Å². The SMILES string of the molecule is Cn1ccnc1[C@H]1OCC[C@@H]1NCc1ccc(Br)s1. The van der Waals surface area contributed by atoms with Crippen molar-refractivity contribution in [1.82, 2.24) is 14.9 Å². The first-order valence-corrected chi connectivity index (χ1v) is 7.91. The van der Waals surface area contributed by atoms with E-state index in [2.05, 4.69) is 38.4 Å². The molecular formula is C13H16BrN3OS. The van der Waals surface area contributed by atoms with Gasteiger partial charge in [0.1, 0.15) is 11.9 Å². The van der Waals surface area contributed by atoms with Crippen molar-refractivity contribution in [3.8, 4) is 0 Å². The minimum Gasteiger partial charge on any atom is -0.369 e. The zero-order chi connectivity index (χ0) is 13.2. The number of nitrogens with one attached hydrogen (secondary N) is 1. The largest absolute Gasteiger partial charge is 0.369 e. The number of imidazole rings is 1. The van der Waals surface area contributed by atoms with Crippen LogP contribution in [0, 0.1) is 0 Å². The zero-order valence-electron chi connectivity index (χ0n) is 10.7. The molecule has 0 radical (unpaired) electrons. The fraction of sp³-hybridized carbons (Fsp3) is 0.462. The summed E-state index contributed by atoms with van der Waals surface area (Å²) in [6.07, 6.45) is 4.88. The lowest BCUT2D eigenvalue weighted by Gasteiger charge is -2.19. The summed E-state index contributed by atoms with van der Waals surface area (Å²) in [5.41, 5.74) is 0. The third-order valence-electron chi connectivity index (χ3n) is 3.37. The number of aromatic nitrogens is 2. The van der Waals surface area contributed by atoms with Crippen LogP contribution in [0.4, 0.5) is 0 Å². The Morgan fingerprint density at radius 1 is 1.58 bits per heavy atom. The number of halogens is 1. The van der Waals surface area contributed by atoms with E-state index in [0.29, 0.717) is 6.04 Å². The number of hydrogen-bond acceptors (Lipinski definition) is 4. The number of ether oxygens (including phenoxy) is 1. The number of hydrogen-bond donors (Lipinski definition) is 1. The molecule has 19 heavy (non-hydrogen) atoms. The van der Waals surface area contributed by atoms with Crippen molar-refractivity contribution in [2.45, 2.75) is 25.1 Å². The summed E-state index contributed by atoms with van der Waals surface area (Å²) in [5, 5.41) is 3.59. The number of aryl methyl sites for hydroxylation is 1. The van der Waals surface area contributed by atoms with E-state index in [0.717, 1.165) is 25.4 Å². The van der Waals surface area contributed by atoms with Gasteiger partial charge in [0.15, 0.2) is 0 Å². The molecule has 4 nitrogen and oxygen atoms in total. The predicted molar refractivity (Wildman–Crippen MR) is 79.2 cm³/mol. The Morgan fingerprint density at radius 2 is 2.47 bits per heavy atom. The van der Waals surface area contributed by atoms with Crippen LogP contribution in [0.15, 0.2) is 28.3 Å². The van der Waals surface area contributed by atoms with Gasteiger partial charge in [0, 0.05) is 43.5 Å². The third-order valence-corrected chi connectivity index (χ3v) is 5.00. The van der Waals surface area contributed by atoms with Gasteiger partial charge < -0.3 is 14.6 Å². The molecule has 0 amide bonds. The second-order valence-corrected chi connectivity index (χ2v) is 7.22. The van der Waals surface area contributed by atoms with E-state index < -0.39 is 0 Å². The van der Waals surface area contributed by atoms with Crippen molar-refractivity contribution in [2.24, 2.45) is 7.05 Å². The fourth-order valence-electron chi connectivity index (χ4n) is 2.38. The van der Waals surface area contributed by atoms with Crippen LogP contribution in [0.25, 0.3) is 0 Å². The van der Waals surface area contributed by atoms with Crippen molar-refractivity contribution in [3.63, 3.8) is 0 Å². The molecule has 0 unspecified atom stereocenters. The van der Waals surface area contributed by atoms with Gasteiger partial charge in [-0.1, -0.05) is 0 Å². The van der Waals surface area contributed by atoms with Crippen LogP contribution >= 0.6 is 27.3 Å². The Hall–Kier alpha value is -0.690. The van der Waals surface area contributed by atoms with Crippen molar-refractivity contribution in [3.05, 3.63) is 39.0 Å². The summed E-state index contributed by atoms with van der Waals surface area (Å²) < 4.78 is 9.04. The van der Waals surface area contributed by atoms with Gasteiger partial charge in [-0.2, -0.15) is 0 Å². The summed E-state index contributed by atoms with van der Waals surface area (Å²) in [7, 11) is 2.01. The smallest absolute Gasteiger partial charge is 0.139 e. The Kier molecular flexibility index (Phi) is 4.02. The highest BCUT2D eigenvalue weighted by molar-refractivity contribution is 9.11. The maximum absolute atomic E-state index is 5.83. The van der Waals surface area contributed by atoms with Crippen molar-refractivity contribution >= 4 is 27.3 Å². The van der Waals surface area contributed by atoms with E-state index in [4.69, 9.17) is 4.74 Å². The fourth-order valence-corrected chi connectivity index (χ4v) is 3.82. The van der Waals surface area contributed by atoms with Crippen LogP contribution < -0.4 is 5.32 Å². The normalized spacial score (nSPS) is 23.1. The minimum atomic E-state index is 0.0587. The van der Waals surface area contributed by atoms with Crippen molar-refractivity contribution < 1.29 is 4.74 Å². The van der Waals surface area contributed by atoms with Crippen LogP contribution in [0.3, 0.4) is 0 Å². The Labute approximate surface area is 124 Å². The van der Waals surface area contributed by atoms with Crippen LogP contribution in [-0.2, 0) is 18.3 Å². The average molecular weight is 342 g/mol. The molecule has 0 bridgehead atoms. The van der Waals surface area contributed by atoms with Crippen molar-refractivity contribution in [2.75, 3.05) is 6.61 Å². The molecule has 2 atom stereocenters. The van der Waals surface area contributed by atoms with E-state index >= 15 is 0 Å². The van der Waals surface area contributed by atoms with Gasteiger partial charge in [-0.05, 0) is 34.5 Å². The Morgan fingerprint density at radius 3 is 3.16 bits per heavy atom. The third kappa shape index (κ3) is 2.91. The van der Waals surface area contributed by atoms with Gasteiger partial charge in [-0.25, -0.2) is 4.98 Å². The van der Waals surface area contributed by atoms with E-state index in [1.54, 1.807) is 11.3 Å². The van der Waals surface area contributed by atoms with Gasteiger partial charge in [0.2, 0.25) is 0 Å². The molecule has 6 heteroatoms.